The molecule has 0 radical (unpaired) electrons. The number of nitrogens with one attached hydrogen (secondary N) is 1. The van der Waals surface area contributed by atoms with Gasteiger partial charge in [-0.25, -0.2) is 0 Å². The highest BCUT2D eigenvalue weighted by Gasteiger charge is 2.27. The Morgan fingerprint density at radius 2 is 1.73 bits per heavy atom. The summed E-state index contributed by atoms with van der Waals surface area (Å²) in [6, 6.07) is 8.58. The van der Waals surface area contributed by atoms with Crippen LogP contribution in [0.2, 0.25) is 0 Å². The van der Waals surface area contributed by atoms with E-state index in [0.717, 1.165) is 31.5 Å². The molecule has 0 saturated heterocycles. The molecule has 1 N–H and O–H groups in total. The lowest BCUT2D eigenvalue weighted by Crippen LogP contribution is -2.45. The highest BCUT2D eigenvalue weighted by molar-refractivity contribution is 5.83. The van der Waals surface area contributed by atoms with Crippen molar-refractivity contribution in [1.29, 1.82) is 0 Å². The van der Waals surface area contributed by atoms with Crippen LogP contribution in [0.25, 0.3) is 0 Å². The van der Waals surface area contributed by atoms with E-state index in [2.05, 4.69) is 55.3 Å². The number of rotatable bonds is 6. The van der Waals surface area contributed by atoms with Gasteiger partial charge in [-0.05, 0) is 38.4 Å². The van der Waals surface area contributed by atoms with Gasteiger partial charge in [0.2, 0.25) is 5.91 Å². The molecular weight excluding hydrogens is 272 g/mol. The number of aryl methyl sites for hydroxylation is 1. The van der Waals surface area contributed by atoms with E-state index in [-0.39, 0.29) is 11.9 Å². The van der Waals surface area contributed by atoms with Gasteiger partial charge in [0.1, 0.15) is 6.04 Å². The molecule has 1 atom stereocenters. The molecule has 3 heteroatoms. The van der Waals surface area contributed by atoms with Gasteiger partial charge in [0.15, 0.2) is 0 Å². The Balaban J connectivity index is 2.15. The fourth-order valence-corrected chi connectivity index (χ4v) is 3.39. The molecule has 2 rings (SSSR count). The topological polar surface area (TPSA) is 32.3 Å². The second-order valence-electron chi connectivity index (χ2n) is 6.38. The van der Waals surface area contributed by atoms with E-state index in [0.29, 0.717) is 6.04 Å². The predicted molar refractivity (Wildman–Crippen MR) is 91.9 cm³/mol. The molecular formula is C19H30N2O. The summed E-state index contributed by atoms with van der Waals surface area (Å²) in [5.74, 6) is 0.166. The van der Waals surface area contributed by atoms with Crippen LogP contribution in [0.15, 0.2) is 24.3 Å². The van der Waals surface area contributed by atoms with Crippen molar-refractivity contribution < 1.29 is 4.79 Å². The highest BCUT2D eigenvalue weighted by Crippen LogP contribution is 2.23. The third kappa shape index (κ3) is 4.33. The van der Waals surface area contributed by atoms with Gasteiger partial charge in [0.25, 0.3) is 0 Å². The molecule has 3 nitrogen and oxygen atoms in total. The molecule has 1 fully saturated rings. The number of amides is 1. The minimum atomic E-state index is -0.169. The maximum Gasteiger partial charge on any atom is 0.242 e. The SMILES string of the molecule is CCN(CC)[C@@H](C(=O)NC1CCCCC1)c1ccc(C)cc1. The van der Waals surface area contributed by atoms with E-state index in [9.17, 15) is 4.79 Å². The second-order valence-corrected chi connectivity index (χ2v) is 6.38. The normalized spacial score (nSPS) is 17.5. The lowest BCUT2D eigenvalue weighted by Gasteiger charge is -2.31. The number of hydrogen-bond donors (Lipinski definition) is 1. The summed E-state index contributed by atoms with van der Waals surface area (Å²) >= 11 is 0. The number of carbonyl (C=O) groups is 1. The summed E-state index contributed by atoms with van der Waals surface area (Å²) in [6.45, 7) is 8.09. The Hall–Kier alpha value is -1.35. The third-order valence-electron chi connectivity index (χ3n) is 4.77. The quantitative estimate of drug-likeness (QED) is 0.866. The molecule has 1 saturated carbocycles. The number of carbonyl (C=O) groups excluding carboxylic acids is 1. The largest absolute Gasteiger partial charge is 0.352 e. The Morgan fingerprint density at radius 3 is 2.27 bits per heavy atom. The lowest BCUT2D eigenvalue weighted by molar-refractivity contribution is -0.127. The minimum absolute atomic E-state index is 0.166. The average Bonchev–Trinajstić information content (AvgIpc) is 2.54. The fourth-order valence-electron chi connectivity index (χ4n) is 3.39. The van der Waals surface area contributed by atoms with E-state index in [1.807, 2.05) is 0 Å². The molecule has 1 aromatic rings. The summed E-state index contributed by atoms with van der Waals surface area (Å²) in [5, 5.41) is 3.30. The van der Waals surface area contributed by atoms with Gasteiger partial charge in [-0.15, -0.1) is 0 Å². The van der Waals surface area contributed by atoms with Crippen LogP contribution in [0.3, 0.4) is 0 Å². The van der Waals surface area contributed by atoms with Crippen LogP contribution in [0.5, 0.6) is 0 Å². The molecule has 0 aliphatic heterocycles. The van der Waals surface area contributed by atoms with Crippen molar-refractivity contribution in [2.24, 2.45) is 0 Å². The summed E-state index contributed by atoms with van der Waals surface area (Å²) in [4.78, 5) is 15.1. The molecule has 1 aromatic carbocycles. The van der Waals surface area contributed by atoms with Crippen LogP contribution in [0.1, 0.15) is 63.1 Å². The zero-order chi connectivity index (χ0) is 15.9. The first-order valence-corrected chi connectivity index (χ1v) is 8.76. The monoisotopic (exact) mass is 302 g/mol. The van der Waals surface area contributed by atoms with Crippen LogP contribution >= 0.6 is 0 Å². The Bertz CT molecular complexity index is 459. The first-order valence-electron chi connectivity index (χ1n) is 8.76. The van der Waals surface area contributed by atoms with Crippen LogP contribution in [0, 0.1) is 6.92 Å². The zero-order valence-corrected chi connectivity index (χ0v) is 14.3. The molecule has 0 aromatic heterocycles. The number of hydrogen-bond acceptors (Lipinski definition) is 2. The van der Waals surface area contributed by atoms with Gasteiger partial charge < -0.3 is 5.32 Å². The van der Waals surface area contributed by atoms with Gasteiger partial charge in [0, 0.05) is 6.04 Å². The predicted octanol–water partition coefficient (Wildman–Crippen LogP) is 3.83. The molecule has 0 spiro atoms. The molecule has 1 aliphatic rings. The van der Waals surface area contributed by atoms with Crippen molar-refractivity contribution in [2.45, 2.75) is 65.0 Å². The summed E-state index contributed by atoms with van der Waals surface area (Å²) in [6.07, 6.45) is 6.05. The van der Waals surface area contributed by atoms with E-state index in [1.165, 1.54) is 24.8 Å². The summed E-state index contributed by atoms with van der Waals surface area (Å²) in [5.41, 5.74) is 2.33. The van der Waals surface area contributed by atoms with E-state index >= 15 is 0 Å². The molecule has 22 heavy (non-hydrogen) atoms. The second kappa shape index (κ2) is 8.33. The molecule has 0 bridgehead atoms. The first-order chi connectivity index (χ1) is 10.7. The van der Waals surface area contributed by atoms with E-state index < -0.39 is 0 Å². The molecule has 1 aliphatic carbocycles. The Labute approximate surface area is 135 Å². The summed E-state index contributed by atoms with van der Waals surface area (Å²) < 4.78 is 0. The van der Waals surface area contributed by atoms with Crippen molar-refractivity contribution in [2.75, 3.05) is 13.1 Å². The number of benzene rings is 1. The zero-order valence-electron chi connectivity index (χ0n) is 14.3. The van der Waals surface area contributed by atoms with Gasteiger partial charge in [-0.2, -0.15) is 0 Å². The smallest absolute Gasteiger partial charge is 0.242 e. The standard InChI is InChI=1S/C19H30N2O/c1-4-21(5-2)18(16-13-11-15(3)12-14-16)19(22)20-17-9-7-6-8-10-17/h11-14,17-18H,4-10H2,1-3H3,(H,20,22)/t18-/m1/s1. The highest BCUT2D eigenvalue weighted by atomic mass is 16.2. The van der Waals surface area contributed by atoms with E-state index in [4.69, 9.17) is 0 Å². The number of likely N-dealkylation sites (N-methyl/N-ethyl adjacent to an activating group) is 1. The number of nitrogens with zero attached hydrogens (tertiary/aromatic N) is 1. The first kappa shape index (κ1) is 17.0. The van der Waals surface area contributed by atoms with Gasteiger partial charge in [-0.3, -0.25) is 9.69 Å². The third-order valence-corrected chi connectivity index (χ3v) is 4.77. The van der Waals surface area contributed by atoms with Crippen LogP contribution < -0.4 is 5.32 Å². The minimum Gasteiger partial charge on any atom is -0.352 e. The molecule has 1 amide bonds. The van der Waals surface area contributed by atoms with Crippen LogP contribution in [0.4, 0.5) is 0 Å². The van der Waals surface area contributed by atoms with Crippen LogP contribution in [-0.4, -0.2) is 29.9 Å². The maximum absolute atomic E-state index is 12.9. The lowest BCUT2D eigenvalue weighted by atomic mass is 9.94. The molecule has 0 heterocycles. The maximum atomic E-state index is 12.9. The molecule has 0 unspecified atom stereocenters. The Kier molecular flexibility index (Phi) is 6.44. The van der Waals surface area contributed by atoms with Crippen molar-refractivity contribution in [3.63, 3.8) is 0 Å². The Morgan fingerprint density at radius 1 is 1.14 bits per heavy atom. The van der Waals surface area contributed by atoms with Gasteiger partial charge >= 0.3 is 0 Å². The van der Waals surface area contributed by atoms with Crippen molar-refractivity contribution in [3.05, 3.63) is 35.4 Å². The van der Waals surface area contributed by atoms with Crippen LogP contribution in [-0.2, 0) is 4.79 Å². The fraction of sp³-hybridized carbons (Fsp3) is 0.632. The molecule has 122 valence electrons. The van der Waals surface area contributed by atoms with Crippen molar-refractivity contribution in [1.82, 2.24) is 10.2 Å². The van der Waals surface area contributed by atoms with Crippen molar-refractivity contribution >= 4 is 5.91 Å². The van der Waals surface area contributed by atoms with Gasteiger partial charge in [-0.1, -0.05) is 62.9 Å². The van der Waals surface area contributed by atoms with E-state index in [1.54, 1.807) is 0 Å². The van der Waals surface area contributed by atoms with Gasteiger partial charge in [0.05, 0.1) is 0 Å². The van der Waals surface area contributed by atoms with Crippen molar-refractivity contribution in [3.8, 4) is 0 Å². The average molecular weight is 302 g/mol. The summed E-state index contributed by atoms with van der Waals surface area (Å²) in [7, 11) is 0.